The highest BCUT2D eigenvalue weighted by molar-refractivity contribution is 9.10. The zero-order valence-corrected chi connectivity index (χ0v) is 15.7. The van der Waals surface area contributed by atoms with Gasteiger partial charge in [0.2, 0.25) is 0 Å². The lowest BCUT2D eigenvalue weighted by molar-refractivity contribution is -0.107. The predicted molar refractivity (Wildman–Crippen MR) is 98.4 cm³/mol. The summed E-state index contributed by atoms with van der Waals surface area (Å²) in [6.45, 7) is 3.96. The molecule has 1 aliphatic rings. The maximum absolute atomic E-state index is 12.0. The van der Waals surface area contributed by atoms with Crippen molar-refractivity contribution < 1.29 is 14.3 Å². The number of unbranched alkanes of at least 4 members (excludes halogenated alkanes) is 1. The van der Waals surface area contributed by atoms with Crippen LogP contribution in [0.15, 0.2) is 22.7 Å². The fourth-order valence-corrected chi connectivity index (χ4v) is 3.13. The van der Waals surface area contributed by atoms with E-state index in [4.69, 9.17) is 4.74 Å². The molecule has 1 N–H and O–H groups in total. The van der Waals surface area contributed by atoms with Gasteiger partial charge in [-0.25, -0.2) is 4.79 Å². The lowest BCUT2D eigenvalue weighted by atomic mass is 10.0. The number of nitrogens with one attached hydrogen (secondary N) is 1. The quantitative estimate of drug-likeness (QED) is 0.558. The summed E-state index contributed by atoms with van der Waals surface area (Å²) in [4.78, 5) is 24.6. The number of nitrogens with zero attached hydrogens (tertiary/aromatic N) is 1. The Labute approximate surface area is 151 Å². The van der Waals surface area contributed by atoms with Gasteiger partial charge in [-0.15, -0.1) is 0 Å². The summed E-state index contributed by atoms with van der Waals surface area (Å²) in [5.74, 6) is 0. The van der Waals surface area contributed by atoms with E-state index in [1.165, 1.54) is 0 Å². The van der Waals surface area contributed by atoms with Gasteiger partial charge in [0.1, 0.15) is 6.29 Å². The minimum absolute atomic E-state index is 0.203. The van der Waals surface area contributed by atoms with Crippen LogP contribution in [0.2, 0.25) is 0 Å². The molecule has 0 aromatic heterocycles. The third kappa shape index (κ3) is 5.51. The Morgan fingerprint density at radius 2 is 2.17 bits per heavy atom. The van der Waals surface area contributed by atoms with Crippen LogP contribution in [-0.2, 0) is 16.0 Å². The van der Waals surface area contributed by atoms with Gasteiger partial charge in [-0.2, -0.15) is 0 Å². The minimum Gasteiger partial charge on any atom is -0.449 e. The first-order chi connectivity index (χ1) is 11.6. The molecule has 0 saturated carbocycles. The summed E-state index contributed by atoms with van der Waals surface area (Å²) in [5, 5.41) is 3.52. The number of hydrogen-bond acceptors (Lipinski definition) is 4. The maximum atomic E-state index is 12.0. The van der Waals surface area contributed by atoms with Crippen molar-refractivity contribution in [3.05, 3.63) is 28.2 Å². The molecule has 1 saturated heterocycles. The van der Waals surface area contributed by atoms with Crippen molar-refractivity contribution in [1.29, 1.82) is 0 Å². The number of anilines is 1. The van der Waals surface area contributed by atoms with E-state index in [0.717, 1.165) is 47.7 Å². The Morgan fingerprint density at radius 3 is 2.83 bits per heavy atom. The van der Waals surface area contributed by atoms with Crippen LogP contribution in [0.4, 0.5) is 10.5 Å². The topological polar surface area (TPSA) is 58.6 Å². The molecule has 1 amide bonds. The number of piperidine rings is 1. The summed E-state index contributed by atoms with van der Waals surface area (Å²) in [6.07, 6.45) is 4.79. The fraction of sp³-hybridized carbons (Fsp3) is 0.556. The molecule has 0 aliphatic carbocycles. The highest BCUT2D eigenvalue weighted by Crippen LogP contribution is 2.24. The van der Waals surface area contributed by atoms with Crippen molar-refractivity contribution in [2.45, 2.75) is 45.1 Å². The average Bonchev–Trinajstić information content (AvgIpc) is 2.58. The van der Waals surface area contributed by atoms with Crippen molar-refractivity contribution >= 4 is 34.0 Å². The van der Waals surface area contributed by atoms with Gasteiger partial charge in [0.05, 0.1) is 6.61 Å². The Hall–Kier alpha value is -1.56. The largest absolute Gasteiger partial charge is 0.449 e. The molecular formula is C18H25BrN2O3. The summed E-state index contributed by atoms with van der Waals surface area (Å²) >= 11 is 3.47. The van der Waals surface area contributed by atoms with Crippen LogP contribution in [-0.4, -0.2) is 43.0 Å². The van der Waals surface area contributed by atoms with Gasteiger partial charge in [-0.05, 0) is 37.0 Å². The molecule has 6 heteroatoms. The highest BCUT2D eigenvalue weighted by atomic mass is 79.9. The van der Waals surface area contributed by atoms with E-state index in [9.17, 15) is 9.59 Å². The predicted octanol–water partition coefficient (Wildman–Crippen LogP) is 4.00. The number of rotatable bonds is 7. The fourth-order valence-electron chi connectivity index (χ4n) is 2.77. The van der Waals surface area contributed by atoms with E-state index < -0.39 is 0 Å². The number of carbonyl (C=O) groups excluding carboxylic acids is 2. The summed E-state index contributed by atoms with van der Waals surface area (Å²) in [5.41, 5.74) is 1.98. The highest BCUT2D eigenvalue weighted by Gasteiger charge is 2.24. The van der Waals surface area contributed by atoms with Crippen molar-refractivity contribution in [2.24, 2.45) is 0 Å². The van der Waals surface area contributed by atoms with E-state index >= 15 is 0 Å². The van der Waals surface area contributed by atoms with Crippen molar-refractivity contribution in [1.82, 2.24) is 4.90 Å². The zero-order chi connectivity index (χ0) is 17.4. The Balaban J connectivity index is 1.86. The molecule has 5 nitrogen and oxygen atoms in total. The molecular weight excluding hydrogens is 372 g/mol. The second-order valence-corrected chi connectivity index (χ2v) is 6.96. The number of benzene rings is 1. The molecule has 2 rings (SSSR count). The van der Waals surface area contributed by atoms with Crippen molar-refractivity contribution in [2.75, 3.05) is 25.0 Å². The van der Waals surface area contributed by atoms with Gasteiger partial charge in [-0.3, -0.25) is 0 Å². The van der Waals surface area contributed by atoms with Crippen LogP contribution < -0.4 is 5.32 Å². The van der Waals surface area contributed by atoms with Gasteiger partial charge < -0.3 is 19.7 Å². The Morgan fingerprint density at radius 1 is 1.42 bits per heavy atom. The Kier molecular flexibility index (Phi) is 7.56. The van der Waals surface area contributed by atoms with Crippen LogP contribution in [0.1, 0.15) is 38.2 Å². The summed E-state index contributed by atoms with van der Waals surface area (Å²) in [6, 6.07) is 6.20. The molecule has 1 heterocycles. The first-order valence-electron chi connectivity index (χ1n) is 8.54. The van der Waals surface area contributed by atoms with E-state index in [1.807, 2.05) is 18.2 Å². The SMILES string of the molecule is CCCCOC(=O)N1CCC(Nc2cc(Br)ccc2CC=O)CC1. The molecule has 1 aliphatic heterocycles. The smallest absolute Gasteiger partial charge is 0.409 e. The maximum Gasteiger partial charge on any atom is 0.409 e. The summed E-state index contributed by atoms with van der Waals surface area (Å²) < 4.78 is 6.25. The lowest BCUT2D eigenvalue weighted by Gasteiger charge is -2.32. The van der Waals surface area contributed by atoms with Crippen LogP contribution in [0, 0.1) is 0 Å². The number of hydrogen-bond donors (Lipinski definition) is 1. The number of halogens is 1. The van der Waals surface area contributed by atoms with E-state index in [0.29, 0.717) is 32.2 Å². The molecule has 0 bridgehead atoms. The first kappa shape index (κ1) is 18.8. The van der Waals surface area contributed by atoms with E-state index in [-0.39, 0.29) is 6.09 Å². The zero-order valence-electron chi connectivity index (χ0n) is 14.1. The molecule has 0 spiro atoms. The van der Waals surface area contributed by atoms with Crippen LogP contribution in [0.3, 0.4) is 0 Å². The van der Waals surface area contributed by atoms with Gasteiger partial charge in [0.25, 0.3) is 0 Å². The normalized spacial score (nSPS) is 15.2. The molecule has 1 aromatic carbocycles. The van der Waals surface area contributed by atoms with Crippen LogP contribution >= 0.6 is 15.9 Å². The van der Waals surface area contributed by atoms with Gasteiger partial charge >= 0.3 is 6.09 Å². The molecule has 132 valence electrons. The Bertz CT molecular complexity index is 557. The third-order valence-corrected chi connectivity index (χ3v) is 4.70. The standard InChI is InChI=1S/C18H25BrN2O3/c1-2-3-12-24-18(23)21-9-6-16(7-10-21)20-17-13-15(19)5-4-14(17)8-11-22/h4-5,11,13,16,20H,2-3,6-10,12H2,1H3. The third-order valence-electron chi connectivity index (χ3n) is 4.21. The minimum atomic E-state index is -0.203. The van der Waals surface area contributed by atoms with Crippen molar-refractivity contribution in [3.8, 4) is 0 Å². The first-order valence-corrected chi connectivity index (χ1v) is 9.33. The second kappa shape index (κ2) is 9.67. The lowest BCUT2D eigenvalue weighted by Crippen LogP contribution is -2.42. The van der Waals surface area contributed by atoms with E-state index in [2.05, 4.69) is 28.2 Å². The van der Waals surface area contributed by atoms with E-state index in [1.54, 1.807) is 4.90 Å². The van der Waals surface area contributed by atoms with Gasteiger partial charge in [0.15, 0.2) is 0 Å². The second-order valence-electron chi connectivity index (χ2n) is 6.05. The average molecular weight is 397 g/mol. The van der Waals surface area contributed by atoms with Gasteiger partial charge in [0, 0.05) is 35.7 Å². The number of ether oxygens (including phenoxy) is 1. The molecule has 0 atom stereocenters. The van der Waals surface area contributed by atoms with Crippen LogP contribution in [0.5, 0.6) is 0 Å². The summed E-state index contributed by atoms with van der Waals surface area (Å²) in [7, 11) is 0. The molecule has 1 aromatic rings. The van der Waals surface area contributed by atoms with Crippen molar-refractivity contribution in [3.63, 3.8) is 0 Å². The molecule has 24 heavy (non-hydrogen) atoms. The molecule has 1 fully saturated rings. The monoisotopic (exact) mass is 396 g/mol. The van der Waals surface area contributed by atoms with Gasteiger partial charge in [-0.1, -0.05) is 35.3 Å². The van der Waals surface area contributed by atoms with Crippen LogP contribution in [0.25, 0.3) is 0 Å². The number of likely N-dealkylation sites (tertiary alicyclic amines) is 1. The number of aldehydes is 1. The number of amides is 1. The number of carbonyl (C=O) groups is 2. The molecule has 0 radical (unpaired) electrons. The molecule has 0 unspecified atom stereocenters.